The molecule has 2 heterocycles. The zero-order valence-electron chi connectivity index (χ0n) is 26.0. The van der Waals surface area contributed by atoms with Crippen LogP contribution >= 0.6 is 22.7 Å². The number of hydrogen-bond acceptors (Lipinski definition) is 2. The highest BCUT2D eigenvalue weighted by Gasteiger charge is 2.24. The van der Waals surface area contributed by atoms with Gasteiger partial charge in [0.25, 0.3) is 0 Å². The Morgan fingerprint density at radius 3 is 1.64 bits per heavy atom. The van der Waals surface area contributed by atoms with Gasteiger partial charge in [-0.25, -0.2) is 0 Å². The Kier molecular flexibility index (Phi) is 3.90. The molecule has 0 spiro atoms. The Morgan fingerprint density at radius 2 is 0.936 bits per heavy atom. The number of rotatable bonds is 0. The van der Waals surface area contributed by atoms with Crippen molar-refractivity contribution in [2.24, 2.45) is 0 Å². The van der Waals surface area contributed by atoms with Gasteiger partial charge in [0, 0.05) is 44.9 Å². The standard InChI is InChI=1S/C45H24S2/c1-19-17-32-23-10-11-28-40-30(45-41(28)25-6-4-5-7-34(25)47-45)15-13-27(38(23)40)36-20(2)16-31-22-8-9-24-33-18-21(3)46-44(33)29-14-12-26(37(22)39(24)29)35(19)42(31)43(32)36/h4-18H,1-3H3. The third-order valence-electron chi connectivity index (χ3n) is 11.7. The van der Waals surface area contributed by atoms with E-state index in [0.717, 1.165) is 0 Å². The van der Waals surface area contributed by atoms with E-state index in [4.69, 9.17) is 0 Å². The minimum absolute atomic E-state index is 1.37. The van der Waals surface area contributed by atoms with Crippen LogP contribution in [0.5, 0.6) is 0 Å². The van der Waals surface area contributed by atoms with Crippen LogP contribution in [-0.4, -0.2) is 0 Å². The Hall–Kier alpha value is -5.02. The molecule has 13 rings (SSSR count). The van der Waals surface area contributed by atoms with E-state index in [1.165, 1.54) is 142 Å². The highest BCUT2D eigenvalue weighted by atomic mass is 32.1. The molecule has 0 amide bonds. The highest BCUT2D eigenvalue weighted by Crippen LogP contribution is 2.51. The second kappa shape index (κ2) is 7.58. The van der Waals surface area contributed by atoms with Crippen molar-refractivity contribution in [3.63, 3.8) is 0 Å². The topological polar surface area (TPSA) is 0 Å². The van der Waals surface area contributed by atoms with Crippen molar-refractivity contribution in [2.75, 3.05) is 0 Å². The second-order valence-corrected chi connectivity index (χ2v) is 16.3. The van der Waals surface area contributed by atoms with E-state index in [1.54, 1.807) is 0 Å². The second-order valence-electron chi connectivity index (χ2n) is 14.0. The molecule has 2 aromatic heterocycles. The van der Waals surface area contributed by atoms with Crippen molar-refractivity contribution < 1.29 is 0 Å². The summed E-state index contributed by atoms with van der Waals surface area (Å²) in [7, 11) is 0. The molecular formula is C45H24S2. The van der Waals surface area contributed by atoms with Crippen LogP contribution in [0.25, 0.3) is 85.5 Å². The number of aryl methyl sites for hydroxylation is 3. The van der Waals surface area contributed by atoms with Gasteiger partial charge in [0.2, 0.25) is 0 Å². The fourth-order valence-electron chi connectivity index (χ4n) is 10.1. The summed E-state index contributed by atoms with van der Waals surface area (Å²) in [5.41, 5.74) is 2.74. The van der Waals surface area contributed by atoms with Gasteiger partial charge in [-0.15, -0.1) is 22.7 Å². The SMILES string of the molecule is Cc1cc2c(s1)=c1ccc3c4c(C)cc5c6ccc7c8c(ccc(c9c(C)cc(c%10ccc=2c1c%103)c4c59)c86)=c1sc2ccccc2c1=7. The first kappa shape index (κ1) is 24.2. The van der Waals surface area contributed by atoms with E-state index >= 15 is 0 Å². The van der Waals surface area contributed by atoms with Gasteiger partial charge in [-0.3, -0.25) is 0 Å². The highest BCUT2D eigenvalue weighted by molar-refractivity contribution is 7.17. The van der Waals surface area contributed by atoms with Crippen LogP contribution < -0.4 is 0 Å². The fourth-order valence-corrected chi connectivity index (χ4v) is 12.4. The van der Waals surface area contributed by atoms with Crippen molar-refractivity contribution in [2.45, 2.75) is 20.8 Å². The Labute approximate surface area is 275 Å². The summed E-state index contributed by atoms with van der Waals surface area (Å²) in [6, 6.07) is 35.8. The molecular weight excluding hydrogens is 605 g/mol. The molecule has 11 aromatic rings. The van der Waals surface area contributed by atoms with E-state index in [0.29, 0.717) is 0 Å². The van der Waals surface area contributed by atoms with Gasteiger partial charge in [-0.1, -0.05) is 78.9 Å². The number of hydrogen-bond donors (Lipinski definition) is 0. The molecule has 0 fully saturated rings. The molecule has 0 nitrogen and oxygen atoms in total. The molecule has 47 heavy (non-hydrogen) atoms. The third-order valence-corrected chi connectivity index (χ3v) is 14.0. The lowest BCUT2D eigenvalue weighted by Gasteiger charge is -2.22. The molecule has 2 heteroatoms. The Morgan fingerprint density at radius 1 is 0.362 bits per heavy atom. The number of fused-ring (bicyclic) bond motifs is 8. The first-order valence-corrected chi connectivity index (χ1v) is 18.2. The Balaban J connectivity index is 1.31. The van der Waals surface area contributed by atoms with Crippen molar-refractivity contribution in [1.29, 1.82) is 0 Å². The van der Waals surface area contributed by atoms with Crippen LogP contribution in [0.15, 0.2) is 91.0 Å². The quantitative estimate of drug-likeness (QED) is 0.116. The fraction of sp³-hybridized carbons (Fsp3) is 0.0667. The van der Waals surface area contributed by atoms with Crippen LogP contribution in [-0.2, 0) is 0 Å². The van der Waals surface area contributed by atoms with Gasteiger partial charge in [0.05, 0.1) is 0 Å². The maximum atomic E-state index is 2.52. The molecule has 0 aliphatic heterocycles. The summed E-state index contributed by atoms with van der Waals surface area (Å²) in [5.74, 6) is 0. The lowest BCUT2D eigenvalue weighted by atomic mass is 9.81. The number of benzene rings is 9. The van der Waals surface area contributed by atoms with Gasteiger partial charge >= 0.3 is 0 Å². The minimum Gasteiger partial charge on any atom is -0.140 e. The van der Waals surface area contributed by atoms with Crippen LogP contribution in [0.2, 0.25) is 0 Å². The summed E-state index contributed by atoms with van der Waals surface area (Å²) in [4.78, 5) is 1.39. The molecule has 0 bridgehead atoms. The van der Waals surface area contributed by atoms with Gasteiger partial charge < -0.3 is 0 Å². The molecule has 2 aliphatic rings. The predicted octanol–water partition coefficient (Wildman–Crippen LogP) is 12.6. The van der Waals surface area contributed by atoms with Crippen molar-refractivity contribution >= 4 is 108 Å². The summed E-state index contributed by atoms with van der Waals surface area (Å²) >= 11 is 3.89. The molecule has 2 aliphatic carbocycles. The summed E-state index contributed by atoms with van der Waals surface area (Å²) in [6.07, 6.45) is 0. The van der Waals surface area contributed by atoms with E-state index < -0.39 is 0 Å². The maximum absolute atomic E-state index is 2.52. The zero-order valence-corrected chi connectivity index (χ0v) is 27.6. The molecule has 0 unspecified atom stereocenters. The van der Waals surface area contributed by atoms with Crippen LogP contribution in [0.4, 0.5) is 0 Å². The predicted molar refractivity (Wildman–Crippen MR) is 202 cm³/mol. The van der Waals surface area contributed by atoms with Crippen LogP contribution in [0, 0.1) is 61.1 Å². The molecule has 0 atom stereocenters. The van der Waals surface area contributed by atoms with Crippen molar-refractivity contribution in [1.82, 2.24) is 0 Å². The molecule has 216 valence electrons. The van der Waals surface area contributed by atoms with Gasteiger partial charge in [0.15, 0.2) is 0 Å². The summed E-state index contributed by atoms with van der Waals surface area (Å²) in [5, 5.41) is 29.7. The molecule has 0 saturated heterocycles. The van der Waals surface area contributed by atoms with E-state index in [2.05, 4.69) is 112 Å². The lowest BCUT2D eigenvalue weighted by molar-refractivity contribution is 1.55. The van der Waals surface area contributed by atoms with Crippen molar-refractivity contribution in [3.05, 3.63) is 147 Å². The Bertz CT molecular complexity index is 3730. The van der Waals surface area contributed by atoms with E-state index in [9.17, 15) is 0 Å². The minimum atomic E-state index is 1.37. The van der Waals surface area contributed by atoms with E-state index in [-0.39, 0.29) is 0 Å². The molecule has 0 N–H and O–H groups in total. The lowest BCUT2D eigenvalue weighted by Crippen LogP contribution is -1.95. The van der Waals surface area contributed by atoms with Gasteiger partial charge in [-0.05, 0) is 130 Å². The average molecular weight is 629 g/mol. The first-order valence-electron chi connectivity index (χ1n) is 16.5. The summed E-state index contributed by atoms with van der Waals surface area (Å²) in [6.45, 7) is 6.94. The average Bonchev–Trinajstić information content (AvgIpc) is 3.81. The van der Waals surface area contributed by atoms with Crippen molar-refractivity contribution in [3.8, 4) is 0 Å². The first-order chi connectivity index (χ1) is 23.1. The number of thiophene rings is 2. The van der Waals surface area contributed by atoms with Gasteiger partial charge in [0.1, 0.15) is 0 Å². The molecule has 9 aromatic carbocycles. The normalized spacial score (nSPS) is 13.4. The molecule has 0 radical (unpaired) electrons. The largest absolute Gasteiger partial charge is 0.140 e. The van der Waals surface area contributed by atoms with E-state index in [1.807, 2.05) is 22.7 Å². The molecule has 0 saturated carbocycles. The summed E-state index contributed by atoms with van der Waals surface area (Å²) < 4.78 is 4.25. The zero-order chi connectivity index (χ0) is 30.6. The van der Waals surface area contributed by atoms with Crippen LogP contribution in [0.3, 0.4) is 0 Å². The third kappa shape index (κ3) is 2.49. The maximum Gasteiger partial charge on any atom is 0.0440 e. The smallest absolute Gasteiger partial charge is 0.0440 e. The van der Waals surface area contributed by atoms with Gasteiger partial charge in [-0.2, -0.15) is 0 Å². The van der Waals surface area contributed by atoms with Crippen LogP contribution in [0.1, 0.15) is 16.0 Å². The monoisotopic (exact) mass is 628 g/mol.